The van der Waals surface area contributed by atoms with E-state index < -0.39 is 21.9 Å². The fraction of sp³-hybridized carbons (Fsp3) is 0.409. The number of rotatable bonds is 5. The molecule has 1 fully saturated rings. The molecule has 3 heterocycles. The third-order valence-corrected chi connectivity index (χ3v) is 8.34. The first-order chi connectivity index (χ1) is 15.0. The van der Waals surface area contributed by atoms with Gasteiger partial charge in [-0.2, -0.15) is 0 Å². The molecule has 2 aromatic heterocycles. The molecule has 0 N–H and O–H groups in total. The van der Waals surface area contributed by atoms with Crippen molar-refractivity contribution in [3.63, 3.8) is 0 Å². The number of piperidine rings is 1. The predicted octanol–water partition coefficient (Wildman–Crippen LogP) is 4.83. The number of alkyl halides is 2. The zero-order chi connectivity index (χ0) is 23.3. The minimum Gasteiger partial charge on any atom is -0.479 e. The molecule has 0 radical (unpaired) electrons. The number of nitrogens with zero attached hydrogens (tertiary/aromatic N) is 3. The Morgan fingerprint density at radius 3 is 2.59 bits per heavy atom. The number of benzene rings is 1. The molecular weight excluding hydrogens is 504 g/mol. The summed E-state index contributed by atoms with van der Waals surface area (Å²) < 4.78 is 62.7. The van der Waals surface area contributed by atoms with E-state index in [-0.39, 0.29) is 36.8 Å². The number of aryl methyl sites for hydroxylation is 1. The van der Waals surface area contributed by atoms with Crippen molar-refractivity contribution in [1.82, 2.24) is 13.9 Å². The molecule has 1 aromatic carbocycles. The lowest BCUT2D eigenvalue weighted by molar-refractivity contribution is -0.100. The van der Waals surface area contributed by atoms with Gasteiger partial charge in [-0.1, -0.05) is 24.6 Å². The number of hydrogen-bond acceptors (Lipinski definition) is 5. The molecule has 0 saturated carbocycles. The molecule has 0 aliphatic carbocycles. The maximum absolute atomic E-state index is 14.0. The van der Waals surface area contributed by atoms with E-state index in [0.29, 0.717) is 21.1 Å². The lowest BCUT2D eigenvalue weighted by Crippen LogP contribution is -2.45. The summed E-state index contributed by atoms with van der Waals surface area (Å²) in [4.78, 5) is 6.22. The van der Waals surface area contributed by atoms with Gasteiger partial charge in [-0.25, -0.2) is 26.2 Å². The molecule has 1 atom stereocenters. The van der Waals surface area contributed by atoms with Gasteiger partial charge in [0, 0.05) is 53.7 Å². The van der Waals surface area contributed by atoms with Crippen molar-refractivity contribution >= 4 is 36.9 Å². The highest BCUT2D eigenvalue weighted by Crippen LogP contribution is 2.37. The van der Waals surface area contributed by atoms with E-state index in [0.717, 1.165) is 5.56 Å². The topological polar surface area (TPSA) is 64.4 Å². The number of fused-ring (bicyclic) bond motifs is 1. The maximum atomic E-state index is 14.0. The summed E-state index contributed by atoms with van der Waals surface area (Å²) in [6, 6.07) is 8.34. The number of likely N-dealkylation sites (tertiary alicyclic amines) is 1. The molecule has 3 aromatic rings. The summed E-state index contributed by atoms with van der Waals surface area (Å²) in [6.45, 7) is 3.96. The SMILES string of the molecule is COc1ncc(Br)c2cc(CN3CCC(F)(F)C(C)C3)n(S(=O)(=O)c3ccc(C)cc3)c12. The Morgan fingerprint density at radius 1 is 1.28 bits per heavy atom. The first-order valence-electron chi connectivity index (χ1n) is 10.2. The molecule has 10 heteroatoms. The quantitative estimate of drug-likeness (QED) is 0.475. The largest absolute Gasteiger partial charge is 0.479 e. The molecule has 1 unspecified atom stereocenters. The van der Waals surface area contributed by atoms with Gasteiger partial charge in [0.1, 0.15) is 5.52 Å². The van der Waals surface area contributed by atoms with Gasteiger partial charge in [0.25, 0.3) is 15.9 Å². The van der Waals surface area contributed by atoms with E-state index in [1.165, 1.54) is 18.0 Å². The summed E-state index contributed by atoms with van der Waals surface area (Å²) in [7, 11) is -2.57. The van der Waals surface area contributed by atoms with Crippen LogP contribution >= 0.6 is 15.9 Å². The average Bonchev–Trinajstić information content (AvgIpc) is 3.12. The Labute approximate surface area is 194 Å². The van der Waals surface area contributed by atoms with E-state index in [1.807, 2.05) is 11.8 Å². The summed E-state index contributed by atoms with van der Waals surface area (Å²) in [6.07, 6.45) is 1.30. The Bertz CT molecular complexity index is 1260. The third kappa shape index (κ3) is 4.04. The maximum Gasteiger partial charge on any atom is 0.268 e. The van der Waals surface area contributed by atoms with Crippen molar-refractivity contribution < 1.29 is 21.9 Å². The lowest BCUT2D eigenvalue weighted by Gasteiger charge is -2.36. The molecule has 172 valence electrons. The summed E-state index contributed by atoms with van der Waals surface area (Å²) >= 11 is 3.45. The predicted molar refractivity (Wildman–Crippen MR) is 122 cm³/mol. The summed E-state index contributed by atoms with van der Waals surface area (Å²) in [5, 5.41) is 0.623. The Morgan fingerprint density at radius 2 is 1.97 bits per heavy atom. The van der Waals surface area contributed by atoms with E-state index in [1.54, 1.807) is 36.5 Å². The number of hydrogen-bond donors (Lipinski definition) is 0. The second-order valence-corrected chi connectivity index (χ2v) is 10.9. The minimum absolute atomic E-state index is 0.127. The van der Waals surface area contributed by atoms with Crippen molar-refractivity contribution in [2.75, 3.05) is 20.2 Å². The first kappa shape index (κ1) is 23.1. The van der Waals surface area contributed by atoms with Crippen LogP contribution in [0, 0.1) is 12.8 Å². The van der Waals surface area contributed by atoms with Crippen molar-refractivity contribution in [2.24, 2.45) is 5.92 Å². The lowest BCUT2D eigenvalue weighted by atomic mass is 9.95. The van der Waals surface area contributed by atoms with Crippen molar-refractivity contribution in [1.29, 1.82) is 0 Å². The van der Waals surface area contributed by atoms with Crippen LogP contribution < -0.4 is 4.74 Å². The number of methoxy groups -OCH3 is 1. The smallest absolute Gasteiger partial charge is 0.268 e. The summed E-state index contributed by atoms with van der Waals surface area (Å²) in [5.41, 5.74) is 1.71. The van der Waals surface area contributed by atoms with Crippen LogP contribution in [0.2, 0.25) is 0 Å². The highest BCUT2D eigenvalue weighted by Gasteiger charge is 2.41. The summed E-state index contributed by atoms with van der Waals surface area (Å²) in [5.74, 6) is -3.36. The molecule has 1 aliphatic heterocycles. The van der Waals surface area contributed by atoms with Crippen LogP contribution in [-0.2, 0) is 16.6 Å². The van der Waals surface area contributed by atoms with Gasteiger partial charge in [0.05, 0.1) is 12.0 Å². The third-order valence-electron chi connectivity index (χ3n) is 5.94. The van der Waals surface area contributed by atoms with E-state index in [4.69, 9.17) is 4.74 Å². The van der Waals surface area contributed by atoms with Gasteiger partial charge in [0.2, 0.25) is 5.88 Å². The van der Waals surface area contributed by atoms with Gasteiger partial charge < -0.3 is 4.74 Å². The van der Waals surface area contributed by atoms with Gasteiger partial charge in [-0.3, -0.25) is 4.90 Å². The number of halogens is 3. The second-order valence-electron chi connectivity index (χ2n) is 8.24. The fourth-order valence-electron chi connectivity index (χ4n) is 4.06. The number of pyridine rings is 1. The molecular formula is C22H24BrF2N3O3S. The molecule has 1 saturated heterocycles. The molecule has 1 aliphatic rings. The van der Waals surface area contributed by atoms with Crippen LogP contribution in [0.25, 0.3) is 10.9 Å². The number of ether oxygens (including phenoxy) is 1. The highest BCUT2D eigenvalue weighted by atomic mass is 79.9. The van der Waals surface area contributed by atoms with Gasteiger partial charge in [0.15, 0.2) is 0 Å². The van der Waals surface area contributed by atoms with Crippen LogP contribution in [0.1, 0.15) is 24.6 Å². The molecule has 0 amide bonds. The zero-order valence-electron chi connectivity index (χ0n) is 18.0. The Balaban J connectivity index is 1.88. The minimum atomic E-state index is -4.01. The molecule has 0 bridgehead atoms. The molecule has 4 rings (SSSR count). The normalized spacial score (nSPS) is 19.4. The highest BCUT2D eigenvalue weighted by molar-refractivity contribution is 9.10. The Kier molecular flexibility index (Phi) is 6.06. The van der Waals surface area contributed by atoms with Crippen LogP contribution in [0.15, 0.2) is 45.9 Å². The second kappa shape index (κ2) is 8.39. The van der Waals surface area contributed by atoms with Crippen molar-refractivity contribution in [2.45, 2.75) is 37.6 Å². The van der Waals surface area contributed by atoms with Gasteiger partial charge in [-0.15, -0.1) is 0 Å². The van der Waals surface area contributed by atoms with E-state index in [2.05, 4.69) is 20.9 Å². The van der Waals surface area contributed by atoms with Crippen molar-refractivity contribution in [3.8, 4) is 5.88 Å². The standard InChI is InChI=1S/C22H24BrF2N3O3S/c1-14-4-6-17(7-5-14)32(29,30)28-16(13-27-9-8-22(24,25)15(2)12-27)10-18-19(23)11-26-21(31-3)20(18)28/h4-7,10-11,15H,8-9,12-13H2,1-3H3. The van der Waals surface area contributed by atoms with E-state index >= 15 is 0 Å². The average molecular weight is 528 g/mol. The first-order valence-corrected chi connectivity index (χ1v) is 12.4. The molecule has 0 spiro atoms. The molecule has 6 nitrogen and oxygen atoms in total. The van der Waals surface area contributed by atoms with Gasteiger partial charge >= 0.3 is 0 Å². The van der Waals surface area contributed by atoms with Crippen molar-refractivity contribution in [3.05, 3.63) is 52.3 Å². The monoisotopic (exact) mass is 527 g/mol. The fourth-order valence-corrected chi connectivity index (χ4v) is 6.00. The van der Waals surface area contributed by atoms with Crippen LogP contribution in [0.4, 0.5) is 8.78 Å². The van der Waals surface area contributed by atoms with Crippen LogP contribution in [-0.4, -0.2) is 48.4 Å². The van der Waals surface area contributed by atoms with E-state index in [9.17, 15) is 17.2 Å². The number of aromatic nitrogens is 2. The Hall–Kier alpha value is -2.04. The van der Waals surface area contributed by atoms with Gasteiger partial charge in [-0.05, 0) is 41.1 Å². The zero-order valence-corrected chi connectivity index (χ0v) is 20.4. The van der Waals surface area contributed by atoms with Crippen LogP contribution in [0.5, 0.6) is 5.88 Å². The molecule has 32 heavy (non-hydrogen) atoms. The van der Waals surface area contributed by atoms with Crippen LogP contribution in [0.3, 0.4) is 0 Å².